The van der Waals surface area contributed by atoms with E-state index in [0.717, 1.165) is 46.5 Å². The number of benzene rings is 6. The highest BCUT2D eigenvalue weighted by Gasteiger charge is 2.28. The van der Waals surface area contributed by atoms with Gasteiger partial charge >= 0.3 is 0 Å². The second kappa shape index (κ2) is 11.2. The van der Waals surface area contributed by atoms with E-state index in [2.05, 4.69) is 161 Å². The summed E-state index contributed by atoms with van der Waals surface area (Å²) in [5.41, 5.74) is 13.5. The molecule has 5 heteroatoms. The van der Waals surface area contributed by atoms with Crippen molar-refractivity contribution in [3.8, 4) is 28.5 Å². The predicted molar refractivity (Wildman–Crippen MR) is 203 cm³/mol. The molecule has 232 valence electrons. The first-order valence-electron chi connectivity index (χ1n) is 16.8. The van der Waals surface area contributed by atoms with E-state index in [1.807, 2.05) is 12.1 Å². The van der Waals surface area contributed by atoms with Gasteiger partial charge in [-0.2, -0.15) is 0 Å². The molecule has 10 rings (SSSR count). The van der Waals surface area contributed by atoms with Gasteiger partial charge < -0.3 is 0 Å². The lowest BCUT2D eigenvalue weighted by Crippen LogP contribution is -2.30. The number of hydrogen-bond donors (Lipinski definition) is 1. The molecule has 0 radical (unpaired) electrons. The second-order valence-electron chi connectivity index (χ2n) is 12.7. The standard InChI is InChI=1S/C44H31N5/c1-2-10-19-33(18-9-1)49-40-23-24-41-43(37(40)28-45-49)36-25-32-22-21-29-13-11-12-20-34(29)35(32)26-42(36)48(41)44-46-38(30-14-5-3-6-15-30)27-39(47-44)31-16-7-4-8-17-31/h1-18,20-27,45H,19,28H2. The highest BCUT2D eigenvalue weighted by atomic mass is 15.5. The van der Waals surface area contributed by atoms with E-state index in [9.17, 15) is 0 Å². The summed E-state index contributed by atoms with van der Waals surface area (Å²) in [6, 6.07) is 45.3. The molecule has 1 aliphatic carbocycles. The van der Waals surface area contributed by atoms with Crippen molar-refractivity contribution < 1.29 is 0 Å². The Hall–Kier alpha value is -6.30. The first-order chi connectivity index (χ1) is 24.3. The summed E-state index contributed by atoms with van der Waals surface area (Å²) in [4.78, 5) is 10.6. The minimum Gasteiger partial charge on any atom is -0.280 e. The molecule has 1 N–H and O–H groups in total. The minimum atomic E-state index is 0.657. The van der Waals surface area contributed by atoms with E-state index in [1.54, 1.807) is 0 Å². The number of hydrogen-bond acceptors (Lipinski definition) is 4. The van der Waals surface area contributed by atoms with Crippen LogP contribution in [0.3, 0.4) is 0 Å². The molecule has 1 aliphatic heterocycles. The van der Waals surface area contributed by atoms with Crippen LogP contribution in [0.5, 0.6) is 0 Å². The molecule has 0 saturated carbocycles. The molecule has 0 saturated heterocycles. The monoisotopic (exact) mass is 629 g/mol. The van der Waals surface area contributed by atoms with Gasteiger partial charge in [-0.05, 0) is 58.0 Å². The Balaban J connectivity index is 1.30. The van der Waals surface area contributed by atoms with E-state index >= 15 is 0 Å². The lowest BCUT2D eigenvalue weighted by Gasteiger charge is -2.21. The van der Waals surface area contributed by atoms with Gasteiger partial charge in [-0.1, -0.05) is 121 Å². The summed E-state index contributed by atoms with van der Waals surface area (Å²) in [5.74, 6) is 0.657. The molecular formula is C44H31N5. The molecule has 6 aromatic carbocycles. The Morgan fingerprint density at radius 3 is 2.10 bits per heavy atom. The van der Waals surface area contributed by atoms with Crippen LogP contribution >= 0.6 is 0 Å². The molecule has 0 spiro atoms. The normalized spacial score (nSPS) is 14.2. The Morgan fingerprint density at radius 1 is 0.571 bits per heavy atom. The smallest absolute Gasteiger partial charge is 0.235 e. The predicted octanol–water partition coefficient (Wildman–Crippen LogP) is 10.4. The van der Waals surface area contributed by atoms with Crippen LogP contribution in [0.25, 0.3) is 71.8 Å². The highest BCUT2D eigenvalue weighted by molar-refractivity contribution is 6.19. The molecule has 2 aromatic heterocycles. The Morgan fingerprint density at radius 2 is 1.31 bits per heavy atom. The van der Waals surface area contributed by atoms with Crippen LogP contribution in [-0.2, 0) is 6.54 Å². The minimum absolute atomic E-state index is 0.657. The molecule has 49 heavy (non-hydrogen) atoms. The van der Waals surface area contributed by atoms with Gasteiger partial charge in [0.25, 0.3) is 0 Å². The topological polar surface area (TPSA) is 46.0 Å². The largest absolute Gasteiger partial charge is 0.280 e. The quantitative estimate of drug-likeness (QED) is 0.197. The number of allylic oxidation sites excluding steroid dienone is 5. The van der Waals surface area contributed by atoms with Crippen LogP contribution in [0.4, 0.5) is 5.69 Å². The van der Waals surface area contributed by atoms with Crippen molar-refractivity contribution in [3.05, 3.63) is 169 Å². The van der Waals surface area contributed by atoms with Gasteiger partial charge in [0, 0.05) is 46.1 Å². The van der Waals surface area contributed by atoms with Crippen molar-refractivity contribution in [2.24, 2.45) is 0 Å². The fourth-order valence-electron chi connectivity index (χ4n) is 7.55. The number of anilines is 1. The van der Waals surface area contributed by atoms with E-state index < -0.39 is 0 Å². The highest BCUT2D eigenvalue weighted by Crippen LogP contribution is 2.43. The molecule has 5 nitrogen and oxygen atoms in total. The number of rotatable bonds is 4. The first kappa shape index (κ1) is 27.8. The van der Waals surface area contributed by atoms with Gasteiger partial charge in [-0.15, -0.1) is 0 Å². The van der Waals surface area contributed by atoms with Crippen LogP contribution in [0.1, 0.15) is 12.0 Å². The SMILES string of the molecule is C1=CC=C(N2NCc3c2ccc2c3c3cc4ccc5ccccc5c4cc3n2-c2nc(-c3ccccc3)cc(-c3ccccc3)n2)CC=C1. The zero-order chi connectivity index (χ0) is 32.3. The third-order valence-corrected chi connectivity index (χ3v) is 9.85. The molecular weight excluding hydrogens is 599 g/mol. The number of hydrazine groups is 1. The van der Waals surface area contributed by atoms with Gasteiger partial charge in [0.05, 0.1) is 28.1 Å². The molecule has 2 aliphatic rings. The van der Waals surface area contributed by atoms with Gasteiger partial charge in [0.15, 0.2) is 0 Å². The summed E-state index contributed by atoms with van der Waals surface area (Å²) in [7, 11) is 0. The van der Waals surface area contributed by atoms with E-state index in [0.29, 0.717) is 5.95 Å². The molecule has 3 heterocycles. The van der Waals surface area contributed by atoms with Crippen LogP contribution in [0, 0.1) is 0 Å². The summed E-state index contributed by atoms with van der Waals surface area (Å²) in [5, 5.41) is 9.59. The lowest BCUT2D eigenvalue weighted by molar-refractivity contribution is 0.725. The van der Waals surface area contributed by atoms with Gasteiger partial charge in [-0.3, -0.25) is 9.58 Å². The third kappa shape index (κ3) is 4.51. The van der Waals surface area contributed by atoms with Crippen molar-refractivity contribution >= 4 is 49.0 Å². The summed E-state index contributed by atoms with van der Waals surface area (Å²) in [6.45, 7) is 0.729. The van der Waals surface area contributed by atoms with Crippen molar-refractivity contribution in [1.29, 1.82) is 0 Å². The zero-order valence-corrected chi connectivity index (χ0v) is 26.7. The Bertz CT molecular complexity index is 2630. The second-order valence-corrected chi connectivity index (χ2v) is 12.7. The molecule has 0 bridgehead atoms. The van der Waals surface area contributed by atoms with Gasteiger partial charge in [-0.25, -0.2) is 15.4 Å². The van der Waals surface area contributed by atoms with E-state index in [4.69, 9.17) is 9.97 Å². The number of nitrogens with one attached hydrogen (secondary N) is 1. The van der Waals surface area contributed by atoms with Crippen LogP contribution < -0.4 is 10.4 Å². The maximum atomic E-state index is 5.31. The van der Waals surface area contributed by atoms with E-state index in [-0.39, 0.29) is 0 Å². The van der Waals surface area contributed by atoms with Gasteiger partial charge in [0.1, 0.15) is 0 Å². The molecule has 0 unspecified atom stereocenters. The number of aromatic nitrogens is 3. The van der Waals surface area contributed by atoms with E-state index in [1.165, 1.54) is 49.3 Å². The van der Waals surface area contributed by atoms with Crippen molar-refractivity contribution in [3.63, 3.8) is 0 Å². The van der Waals surface area contributed by atoms with Crippen molar-refractivity contribution in [1.82, 2.24) is 20.0 Å². The van der Waals surface area contributed by atoms with Crippen molar-refractivity contribution in [2.75, 3.05) is 5.01 Å². The average Bonchev–Trinajstić information content (AvgIpc) is 3.61. The Kier molecular flexibility index (Phi) is 6.32. The fourth-order valence-corrected chi connectivity index (χ4v) is 7.55. The van der Waals surface area contributed by atoms with Crippen LogP contribution in [-0.4, -0.2) is 14.5 Å². The maximum Gasteiger partial charge on any atom is 0.235 e. The molecule has 0 fully saturated rings. The maximum absolute atomic E-state index is 5.31. The summed E-state index contributed by atoms with van der Waals surface area (Å²) >= 11 is 0. The lowest BCUT2D eigenvalue weighted by atomic mass is 9.98. The zero-order valence-electron chi connectivity index (χ0n) is 26.7. The van der Waals surface area contributed by atoms with Crippen LogP contribution in [0.15, 0.2) is 163 Å². The molecule has 0 amide bonds. The first-order valence-corrected chi connectivity index (χ1v) is 16.8. The fraction of sp³-hybridized carbons (Fsp3) is 0.0455. The van der Waals surface area contributed by atoms with Gasteiger partial charge in [0.2, 0.25) is 5.95 Å². The number of fused-ring (bicyclic) bond motifs is 8. The molecule has 8 aromatic rings. The molecule has 0 atom stereocenters. The van der Waals surface area contributed by atoms with Crippen molar-refractivity contribution in [2.45, 2.75) is 13.0 Å². The Labute approximate surface area is 283 Å². The van der Waals surface area contributed by atoms with Crippen LogP contribution in [0.2, 0.25) is 0 Å². The summed E-state index contributed by atoms with van der Waals surface area (Å²) in [6.07, 6.45) is 11.6. The average molecular weight is 630 g/mol. The summed E-state index contributed by atoms with van der Waals surface area (Å²) < 4.78 is 2.28. The number of nitrogens with zero attached hydrogens (tertiary/aromatic N) is 4. The third-order valence-electron chi connectivity index (χ3n) is 9.85.